The molecular weight excluding hydrogens is 502 g/mol. The van der Waals surface area contributed by atoms with Gasteiger partial charge in [-0.1, -0.05) is 24.3 Å². The summed E-state index contributed by atoms with van der Waals surface area (Å²) in [5.74, 6) is -18.0. The molecule has 0 heterocycles. The first-order valence-corrected chi connectivity index (χ1v) is 10.0. The van der Waals surface area contributed by atoms with E-state index in [0.29, 0.717) is 12.1 Å². The largest absolute Gasteiger partial charge is 0.206 e. The number of fused-ring (bicyclic) bond motifs is 2. The van der Waals surface area contributed by atoms with Gasteiger partial charge in [0.1, 0.15) is 11.6 Å². The second-order valence-corrected chi connectivity index (χ2v) is 7.76. The molecule has 0 atom stereocenters. The monoisotopic (exact) mass is 510 g/mol. The number of hydrogen-bond acceptors (Lipinski definition) is 0. The minimum absolute atomic E-state index is 0.0931. The maximum Gasteiger partial charge on any atom is 0.169 e. The summed E-state index contributed by atoms with van der Waals surface area (Å²) in [6, 6.07) is 5.37. The minimum atomic E-state index is -1.95. The van der Waals surface area contributed by atoms with Gasteiger partial charge in [0.05, 0.1) is 11.1 Å². The third-order valence-corrected chi connectivity index (χ3v) is 5.79. The van der Waals surface area contributed by atoms with E-state index in [1.165, 1.54) is 12.1 Å². The van der Waals surface area contributed by atoms with Crippen LogP contribution >= 0.6 is 0 Å². The van der Waals surface area contributed by atoms with E-state index in [1.807, 2.05) is 0 Å². The maximum absolute atomic E-state index is 15.2. The van der Waals surface area contributed by atoms with Crippen LogP contribution in [0.3, 0.4) is 0 Å². The number of halogens is 10. The van der Waals surface area contributed by atoms with Crippen LogP contribution in [-0.2, 0) is 0 Å². The molecule has 36 heavy (non-hydrogen) atoms. The molecule has 0 fully saturated rings. The first-order chi connectivity index (χ1) is 17.0. The van der Waals surface area contributed by atoms with Crippen molar-refractivity contribution in [2.24, 2.45) is 0 Å². The van der Waals surface area contributed by atoms with Gasteiger partial charge < -0.3 is 0 Å². The number of benzene rings is 5. The molecule has 0 aliphatic heterocycles. The fraction of sp³-hybridized carbons (Fsp3) is 0. The molecule has 0 bridgehead atoms. The van der Waals surface area contributed by atoms with Crippen LogP contribution < -0.4 is 0 Å². The molecule has 5 aromatic carbocycles. The van der Waals surface area contributed by atoms with Crippen LogP contribution in [0, 0.1) is 58.2 Å². The number of rotatable bonds is 2. The Morgan fingerprint density at radius 2 is 0.639 bits per heavy atom. The smallest absolute Gasteiger partial charge is 0.169 e. The maximum atomic E-state index is 15.2. The van der Waals surface area contributed by atoms with Crippen molar-refractivity contribution in [3.05, 3.63) is 107 Å². The molecule has 0 aromatic heterocycles. The first-order valence-electron chi connectivity index (χ1n) is 10.0. The van der Waals surface area contributed by atoms with Crippen LogP contribution in [-0.4, -0.2) is 0 Å². The summed E-state index contributed by atoms with van der Waals surface area (Å²) >= 11 is 0. The average Bonchev–Trinajstić information content (AvgIpc) is 2.84. The molecular formula is C26H8F10. The number of hydrogen-bond donors (Lipinski definition) is 0. The van der Waals surface area contributed by atoms with Gasteiger partial charge in [0.2, 0.25) is 0 Å². The van der Waals surface area contributed by atoms with Gasteiger partial charge in [-0.25, -0.2) is 43.9 Å². The topological polar surface area (TPSA) is 0 Å². The Hall–Kier alpha value is -4.08. The Morgan fingerprint density at radius 3 is 0.944 bits per heavy atom. The highest BCUT2D eigenvalue weighted by Gasteiger charge is 2.31. The van der Waals surface area contributed by atoms with E-state index in [-0.39, 0.29) is 12.1 Å². The van der Waals surface area contributed by atoms with Gasteiger partial charge in [0.15, 0.2) is 46.5 Å². The van der Waals surface area contributed by atoms with Gasteiger partial charge >= 0.3 is 0 Å². The van der Waals surface area contributed by atoms with Gasteiger partial charge in [-0.15, -0.1) is 0 Å². The van der Waals surface area contributed by atoms with Crippen LogP contribution in [0.2, 0.25) is 0 Å². The molecule has 0 saturated heterocycles. The van der Waals surface area contributed by atoms with Crippen LogP contribution in [0.25, 0.3) is 43.8 Å². The predicted molar refractivity (Wildman–Crippen MR) is 112 cm³/mol. The van der Waals surface area contributed by atoms with Crippen molar-refractivity contribution in [2.75, 3.05) is 0 Å². The quantitative estimate of drug-likeness (QED) is 0.127. The van der Waals surface area contributed by atoms with Crippen molar-refractivity contribution in [3.63, 3.8) is 0 Å². The first kappa shape index (κ1) is 23.7. The Bertz CT molecular complexity index is 1560. The van der Waals surface area contributed by atoms with Gasteiger partial charge in [0, 0.05) is 34.0 Å². The lowest BCUT2D eigenvalue weighted by atomic mass is 9.84. The molecule has 0 aliphatic carbocycles. The Balaban J connectivity index is 2.16. The molecule has 5 aromatic rings. The summed E-state index contributed by atoms with van der Waals surface area (Å²) < 4.78 is 146. The molecule has 5 rings (SSSR count). The van der Waals surface area contributed by atoms with Crippen LogP contribution in [0.15, 0.2) is 48.5 Å². The van der Waals surface area contributed by atoms with E-state index in [1.54, 1.807) is 0 Å². The van der Waals surface area contributed by atoms with Gasteiger partial charge in [-0.05, 0) is 22.9 Å². The Labute approximate surface area is 195 Å². The van der Waals surface area contributed by atoms with Crippen LogP contribution in [0.5, 0.6) is 0 Å². The van der Waals surface area contributed by atoms with E-state index in [9.17, 15) is 35.1 Å². The lowest BCUT2D eigenvalue weighted by Gasteiger charge is -2.20. The van der Waals surface area contributed by atoms with Crippen molar-refractivity contribution in [3.8, 4) is 22.3 Å². The molecule has 0 N–H and O–H groups in total. The van der Waals surface area contributed by atoms with E-state index < -0.39 is 102 Å². The zero-order valence-corrected chi connectivity index (χ0v) is 17.4. The normalized spacial score (nSPS) is 11.6. The van der Waals surface area contributed by atoms with Crippen molar-refractivity contribution in [2.45, 2.75) is 0 Å². The molecule has 0 saturated carbocycles. The third kappa shape index (κ3) is 3.24. The summed E-state index contributed by atoms with van der Waals surface area (Å²) in [5.41, 5.74) is -4.60. The second-order valence-electron chi connectivity index (χ2n) is 7.76. The standard InChI is InChI=1S/C26H8F10/c27-11-5-6-12(28)20-18(22-25(35)15(31)8-16(32)26(22)36)10-4-2-1-3-9(10)17(19(11)20)21-23(33)13(29)7-14(30)24(21)34/h1-8H. The lowest BCUT2D eigenvalue weighted by Crippen LogP contribution is -2.04. The summed E-state index contributed by atoms with van der Waals surface area (Å²) in [7, 11) is 0. The van der Waals surface area contributed by atoms with E-state index in [4.69, 9.17) is 0 Å². The Morgan fingerprint density at radius 1 is 0.333 bits per heavy atom. The zero-order valence-electron chi connectivity index (χ0n) is 17.4. The second kappa shape index (κ2) is 8.25. The van der Waals surface area contributed by atoms with E-state index in [2.05, 4.69) is 0 Å². The highest BCUT2D eigenvalue weighted by molar-refractivity contribution is 6.21. The Kier molecular flexibility index (Phi) is 5.42. The summed E-state index contributed by atoms with van der Waals surface area (Å²) in [6.45, 7) is 0. The summed E-state index contributed by atoms with van der Waals surface area (Å²) in [4.78, 5) is 0. The van der Waals surface area contributed by atoms with Crippen molar-refractivity contribution < 1.29 is 43.9 Å². The molecule has 0 amide bonds. The van der Waals surface area contributed by atoms with Crippen molar-refractivity contribution >= 4 is 21.5 Å². The van der Waals surface area contributed by atoms with E-state index in [0.717, 1.165) is 12.1 Å². The fourth-order valence-corrected chi connectivity index (χ4v) is 4.33. The SMILES string of the molecule is Fc1cc(F)c(F)c(-c2c3ccccc3c(-c3c(F)c(F)cc(F)c3F)c3c(F)ccc(F)c23)c1F. The fourth-order valence-electron chi connectivity index (χ4n) is 4.33. The lowest BCUT2D eigenvalue weighted by molar-refractivity contribution is 0.458. The summed E-state index contributed by atoms with van der Waals surface area (Å²) in [6.07, 6.45) is 0. The molecule has 182 valence electrons. The minimum Gasteiger partial charge on any atom is -0.206 e. The predicted octanol–water partition coefficient (Wildman–Crippen LogP) is 8.72. The third-order valence-electron chi connectivity index (χ3n) is 5.79. The molecule has 0 nitrogen and oxygen atoms in total. The van der Waals surface area contributed by atoms with E-state index >= 15 is 8.78 Å². The molecule has 0 spiro atoms. The van der Waals surface area contributed by atoms with Crippen molar-refractivity contribution in [1.29, 1.82) is 0 Å². The highest BCUT2D eigenvalue weighted by atomic mass is 19.2. The van der Waals surface area contributed by atoms with Gasteiger partial charge in [-0.3, -0.25) is 0 Å². The van der Waals surface area contributed by atoms with Crippen LogP contribution in [0.1, 0.15) is 0 Å². The summed E-state index contributed by atoms with van der Waals surface area (Å²) in [5, 5.41) is -2.96. The van der Waals surface area contributed by atoms with Crippen molar-refractivity contribution in [1.82, 2.24) is 0 Å². The molecule has 10 heteroatoms. The zero-order chi connectivity index (χ0) is 26.0. The van der Waals surface area contributed by atoms with Crippen LogP contribution in [0.4, 0.5) is 43.9 Å². The highest BCUT2D eigenvalue weighted by Crippen LogP contribution is 2.48. The van der Waals surface area contributed by atoms with Gasteiger partial charge in [-0.2, -0.15) is 0 Å². The average molecular weight is 510 g/mol. The molecule has 0 radical (unpaired) electrons. The molecule has 0 aliphatic rings. The molecule has 0 unspecified atom stereocenters. The van der Waals surface area contributed by atoms with Gasteiger partial charge in [0.25, 0.3) is 0 Å².